The Labute approximate surface area is 170 Å². The van der Waals surface area contributed by atoms with Crippen LogP contribution in [0.25, 0.3) is 0 Å². The van der Waals surface area contributed by atoms with Gasteiger partial charge in [-0.1, -0.05) is 0 Å². The van der Waals surface area contributed by atoms with Crippen LogP contribution in [-0.2, 0) is 33.4 Å². The van der Waals surface area contributed by atoms with Crippen molar-refractivity contribution in [1.82, 2.24) is 16.0 Å². The van der Waals surface area contributed by atoms with Gasteiger partial charge in [0.2, 0.25) is 17.7 Å². The van der Waals surface area contributed by atoms with E-state index in [0.29, 0.717) is 25.7 Å². The Kier molecular flexibility index (Phi) is 9.57. The summed E-state index contributed by atoms with van der Waals surface area (Å²) in [7, 11) is 1.34. The third kappa shape index (κ3) is 9.91. The minimum Gasteiger partial charge on any atom is -0.469 e. The topological polar surface area (TPSA) is 140 Å². The second-order valence-corrected chi connectivity index (χ2v) is 7.93. The molecule has 164 valence electrons. The summed E-state index contributed by atoms with van der Waals surface area (Å²) in [5, 5.41) is 7.24. The van der Waals surface area contributed by atoms with Gasteiger partial charge in [0.1, 0.15) is 12.1 Å². The summed E-state index contributed by atoms with van der Waals surface area (Å²) in [4.78, 5) is 58.6. The van der Waals surface area contributed by atoms with Crippen LogP contribution in [0.5, 0.6) is 0 Å². The van der Waals surface area contributed by atoms with E-state index in [0.717, 1.165) is 0 Å². The van der Waals surface area contributed by atoms with Crippen LogP contribution in [0.15, 0.2) is 0 Å². The lowest BCUT2D eigenvalue weighted by Gasteiger charge is -2.25. The van der Waals surface area contributed by atoms with Gasteiger partial charge >= 0.3 is 11.9 Å². The van der Waals surface area contributed by atoms with E-state index >= 15 is 0 Å². The minimum absolute atomic E-state index is 0.174. The first-order valence-electron chi connectivity index (χ1n) is 9.62. The molecule has 1 aliphatic rings. The van der Waals surface area contributed by atoms with Gasteiger partial charge < -0.3 is 25.4 Å². The predicted molar refractivity (Wildman–Crippen MR) is 102 cm³/mol. The molecule has 29 heavy (non-hydrogen) atoms. The van der Waals surface area contributed by atoms with Crippen LogP contribution in [0.4, 0.5) is 0 Å². The third-order valence-electron chi connectivity index (χ3n) is 4.35. The molecule has 0 aromatic heterocycles. The Morgan fingerprint density at radius 3 is 1.79 bits per heavy atom. The van der Waals surface area contributed by atoms with E-state index in [2.05, 4.69) is 16.0 Å². The molecule has 1 saturated carbocycles. The molecule has 0 aliphatic heterocycles. The van der Waals surface area contributed by atoms with Crippen LogP contribution in [0, 0.1) is 11.8 Å². The molecule has 1 rings (SSSR count). The van der Waals surface area contributed by atoms with Gasteiger partial charge in [-0.2, -0.15) is 0 Å². The number of ether oxygens (including phenoxy) is 2. The molecular weight excluding hydrogens is 382 g/mol. The largest absolute Gasteiger partial charge is 0.469 e. The van der Waals surface area contributed by atoms with Crippen molar-refractivity contribution < 1.29 is 33.4 Å². The van der Waals surface area contributed by atoms with Crippen molar-refractivity contribution in [1.29, 1.82) is 0 Å². The number of hydrogen-bond acceptors (Lipinski definition) is 7. The molecule has 0 heterocycles. The summed E-state index contributed by atoms with van der Waals surface area (Å²) in [6.45, 7) is 4.28. The maximum atomic E-state index is 12.1. The smallest absolute Gasteiger partial charge is 0.325 e. The van der Waals surface area contributed by atoms with Crippen molar-refractivity contribution in [2.24, 2.45) is 11.8 Å². The molecule has 3 amide bonds. The van der Waals surface area contributed by atoms with E-state index < -0.39 is 23.4 Å². The highest BCUT2D eigenvalue weighted by Gasteiger charge is 2.30. The summed E-state index contributed by atoms with van der Waals surface area (Å²) in [5.74, 6) is -2.57. The van der Waals surface area contributed by atoms with Gasteiger partial charge in [0.25, 0.3) is 0 Å². The van der Waals surface area contributed by atoms with Crippen LogP contribution in [-0.4, -0.2) is 62.0 Å². The van der Waals surface area contributed by atoms with E-state index in [1.165, 1.54) is 7.11 Å². The first kappa shape index (κ1) is 24.4. The first-order valence-corrected chi connectivity index (χ1v) is 9.62. The number of carbonyl (C=O) groups excluding carboxylic acids is 5. The maximum Gasteiger partial charge on any atom is 0.325 e. The fourth-order valence-corrected chi connectivity index (χ4v) is 2.92. The molecular formula is C19H31N3O7. The molecule has 0 aromatic rings. The van der Waals surface area contributed by atoms with Crippen LogP contribution in [0.1, 0.15) is 46.5 Å². The molecule has 3 N–H and O–H groups in total. The minimum atomic E-state index is -0.646. The summed E-state index contributed by atoms with van der Waals surface area (Å²) in [6, 6.07) is 0. The lowest BCUT2D eigenvalue weighted by molar-refractivity contribution is -0.154. The van der Waals surface area contributed by atoms with Gasteiger partial charge in [-0.05, 0) is 46.5 Å². The monoisotopic (exact) mass is 413 g/mol. The van der Waals surface area contributed by atoms with Crippen molar-refractivity contribution in [3.05, 3.63) is 0 Å². The normalized spacial score (nSPS) is 18.9. The average Bonchev–Trinajstić information content (AvgIpc) is 2.67. The molecule has 1 aliphatic carbocycles. The fraction of sp³-hybridized carbons (Fsp3) is 0.737. The van der Waals surface area contributed by atoms with E-state index in [4.69, 9.17) is 9.47 Å². The number of esters is 2. The zero-order valence-electron chi connectivity index (χ0n) is 17.5. The molecule has 0 aromatic carbocycles. The van der Waals surface area contributed by atoms with Crippen LogP contribution < -0.4 is 16.0 Å². The molecule has 0 unspecified atom stereocenters. The lowest BCUT2D eigenvalue weighted by atomic mass is 9.81. The molecule has 1 fully saturated rings. The predicted octanol–water partition coefficient (Wildman–Crippen LogP) is -0.344. The molecule has 0 saturated heterocycles. The van der Waals surface area contributed by atoms with E-state index in [-0.39, 0.29) is 43.3 Å². The molecule has 10 heteroatoms. The number of hydrogen-bond donors (Lipinski definition) is 3. The number of nitrogens with one attached hydrogen (secondary N) is 3. The van der Waals surface area contributed by atoms with Crippen molar-refractivity contribution in [3.8, 4) is 0 Å². The van der Waals surface area contributed by atoms with Crippen molar-refractivity contribution in [2.75, 3.05) is 26.7 Å². The number of amides is 3. The quantitative estimate of drug-likeness (QED) is 0.462. The van der Waals surface area contributed by atoms with Gasteiger partial charge in [0.15, 0.2) is 0 Å². The first-order chi connectivity index (χ1) is 13.5. The molecule has 0 atom stereocenters. The van der Waals surface area contributed by atoms with Crippen LogP contribution in [0.2, 0.25) is 0 Å². The molecule has 0 radical (unpaired) electrons. The van der Waals surface area contributed by atoms with E-state index in [1.54, 1.807) is 20.8 Å². The van der Waals surface area contributed by atoms with Crippen LogP contribution in [0.3, 0.4) is 0 Å². The summed E-state index contributed by atoms with van der Waals surface area (Å²) >= 11 is 0. The zero-order valence-corrected chi connectivity index (χ0v) is 17.5. The standard InChI is InChI=1S/C19H31N3O7/c1-19(2,3)29-16(25)11-21-14(23)9-20-15(24)10-22-17(26)12-5-7-13(8-6-12)18(27)28-4/h12-13H,5-11H2,1-4H3,(H,20,24)(H,21,23)(H,22,26). The fourth-order valence-electron chi connectivity index (χ4n) is 2.92. The number of rotatable bonds is 8. The SMILES string of the molecule is COC(=O)C1CCC(C(=O)NCC(=O)NCC(=O)NCC(=O)OC(C)(C)C)CC1. The Balaban J connectivity index is 2.20. The van der Waals surface area contributed by atoms with Gasteiger partial charge in [0, 0.05) is 5.92 Å². The Morgan fingerprint density at radius 2 is 1.28 bits per heavy atom. The zero-order chi connectivity index (χ0) is 22.0. The van der Waals surface area contributed by atoms with Gasteiger partial charge in [-0.25, -0.2) is 0 Å². The maximum absolute atomic E-state index is 12.1. The highest BCUT2D eigenvalue weighted by atomic mass is 16.6. The second-order valence-electron chi connectivity index (χ2n) is 7.93. The molecule has 0 bridgehead atoms. The van der Waals surface area contributed by atoms with Crippen LogP contribution >= 0.6 is 0 Å². The molecule has 10 nitrogen and oxygen atoms in total. The highest BCUT2D eigenvalue weighted by molar-refractivity contribution is 5.89. The second kappa shape index (κ2) is 11.4. The van der Waals surface area contributed by atoms with Crippen molar-refractivity contribution >= 4 is 29.7 Å². The Hall–Kier alpha value is -2.65. The number of methoxy groups -OCH3 is 1. The van der Waals surface area contributed by atoms with Gasteiger partial charge in [-0.3, -0.25) is 24.0 Å². The van der Waals surface area contributed by atoms with Gasteiger partial charge in [-0.15, -0.1) is 0 Å². The lowest BCUT2D eigenvalue weighted by Crippen LogP contribution is -2.44. The third-order valence-corrected chi connectivity index (χ3v) is 4.35. The molecule has 0 spiro atoms. The van der Waals surface area contributed by atoms with Crippen molar-refractivity contribution in [3.63, 3.8) is 0 Å². The highest BCUT2D eigenvalue weighted by Crippen LogP contribution is 2.29. The van der Waals surface area contributed by atoms with Crippen molar-refractivity contribution in [2.45, 2.75) is 52.1 Å². The van der Waals surface area contributed by atoms with E-state index in [9.17, 15) is 24.0 Å². The van der Waals surface area contributed by atoms with E-state index in [1.807, 2.05) is 0 Å². The Morgan fingerprint density at radius 1 is 0.793 bits per heavy atom. The summed E-state index contributed by atoms with van der Waals surface area (Å²) in [5.41, 5.74) is -0.646. The average molecular weight is 413 g/mol. The Bertz CT molecular complexity index is 620. The van der Waals surface area contributed by atoms with Gasteiger partial charge in [0.05, 0.1) is 26.1 Å². The number of carbonyl (C=O) groups is 5. The summed E-state index contributed by atoms with van der Waals surface area (Å²) in [6.07, 6.45) is 2.27. The summed E-state index contributed by atoms with van der Waals surface area (Å²) < 4.78 is 9.76.